The highest BCUT2D eigenvalue weighted by Crippen LogP contribution is 2.21. The molecule has 0 fully saturated rings. The van der Waals surface area contributed by atoms with Gasteiger partial charge in [-0.2, -0.15) is 0 Å². The number of hydrogen-bond acceptors (Lipinski definition) is 3. The zero-order valence-corrected chi connectivity index (χ0v) is 11.9. The third-order valence-corrected chi connectivity index (χ3v) is 3.11. The van der Waals surface area contributed by atoms with Crippen molar-refractivity contribution in [3.05, 3.63) is 42.0 Å². The third kappa shape index (κ3) is 4.95. The molecule has 0 aliphatic carbocycles. The molecule has 0 radical (unpaired) electrons. The first-order valence-corrected chi connectivity index (χ1v) is 6.82. The molecule has 0 atom stereocenters. The van der Waals surface area contributed by atoms with Gasteiger partial charge in [0.15, 0.2) is 0 Å². The normalized spacial score (nSPS) is 11.2. The van der Waals surface area contributed by atoms with Crippen LogP contribution in [0.2, 0.25) is 0 Å². The predicted octanol–water partition coefficient (Wildman–Crippen LogP) is 3.22. The Morgan fingerprint density at radius 2 is 1.86 bits per heavy atom. The first-order chi connectivity index (χ1) is 10.2. The van der Waals surface area contributed by atoms with Crippen molar-refractivity contribution in [2.75, 3.05) is 26.9 Å². The van der Waals surface area contributed by atoms with Crippen LogP contribution >= 0.6 is 0 Å². The Bertz CT molecular complexity index is 575. The molecule has 0 aromatic heterocycles. The number of rotatable bonds is 8. The van der Waals surface area contributed by atoms with Gasteiger partial charge in [0.25, 0.3) is 6.43 Å². The number of halogens is 2. The Kier molecular flexibility index (Phi) is 5.90. The number of nitrogens with one attached hydrogen (secondary N) is 1. The van der Waals surface area contributed by atoms with Gasteiger partial charge in [-0.05, 0) is 34.5 Å². The Labute approximate surface area is 122 Å². The molecule has 1 N–H and O–H groups in total. The van der Waals surface area contributed by atoms with Gasteiger partial charge in [-0.3, -0.25) is 0 Å². The molecule has 0 spiro atoms. The summed E-state index contributed by atoms with van der Waals surface area (Å²) in [5, 5.41) is 5.43. The van der Waals surface area contributed by atoms with Crippen LogP contribution in [0.1, 0.15) is 5.56 Å². The number of fused-ring (bicyclic) bond motifs is 1. The summed E-state index contributed by atoms with van der Waals surface area (Å²) in [7, 11) is 1.65. The van der Waals surface area contributed by atoms with E-state index >= 15 is 0 Å². The highest BCUT2D eigenvalue weighted by atomic mass is 19.3. The smallest absolute Gasteiger partial charge is 0.261 e. The van der Waals surface area contributed by atoms with Gasteiger partial charge in [0.2, 0.25) is 0 Å². The minimum Gasteiger partial charge on any atom is -0.497 e. The fourth-order valence-corrected chi connectivity index (χ4v) is 2.06. The Morgan fingerprint density at radius 3 is 2.62 bits per heavy atom. The third-order valence-electron chi connectivity index (χ3n) is 3.11. The van der Waals surface area contributed by atoms with Crippen LogP contribution in [0.3, 0.4) is 0 Å². The summed E-state index contributed by atoms with van der Waals surface area (Å²) < 4.78 is 33.7. The van der Waals surface area contributed by atoms with Crippen LogP contribution in [0.25, 0.3) is 10.8 Å². The van der Waals surface area contributed by atoms with E-state index in [1.54, 1.807) is 7.11 Å². The second-order valence-corrected chi connectivity index (χ2v) is 4.69. The summed E-state index contributed by atoms with van der Waals surface area (Å²) in [5.41, 5.74) is 1.14. The Balaban J connectivity index is 1.82. The Morgan fingerprint density at radius 1 is 1.10 bits per heavy atom. The van der Waals surface area contributed by atoms with Crippen molar-refractivity contribution >= 4 is 10.8 Å². The molecule has 21 heavy (non-hydrogen) atoms. The predicted molar refractivity (Wildman–Crippen MR) is 79.0 cm³/mol. The molecule has 0 saturated carbocycles. The molecule has 0 aliphatic rings. The van der Waals surface area contributed by atoms with E-state index in [0.29, 0.717) is 13.1 Å². The van der Waals surface area contributed by atoms with Crippen LogP contribution in [0, 0.1) is 0 Å². The van der Waals surface area contributed by atoms with Crippen molar-refractivity contribution < 1.29 is 18.3 Å². The SMILES string of the molecule is COc1ccc2cc(CNCCOCC(F)F)ccc2c1. The van der Waals surface area contributed by atoms with E-state index in [4.69, 9.17) is 9.47 Å². The molecule has 114 valence electrons. The Hall–Kier alpha value is -1.72. The zero-order chi connectivity index (χ0) is 15.1. The van der Waals surface area contributed by atoms with E-state index < -0.39 is 13.0 Å². The second kappa shape index (κ2) is 7.90. The van der Waals surface area contributed by atoms with Crippen molar-refractivity contribution in [1.82, 2.24) is 5.32 Å². The van der Waals surface area contributed by atoms with Crippen LogP contribution in [0.15, 0.2) is 36.4 Å². The van der Waals surface area contributed by atoms with E-state index in [1.807, 2.05) is 30.3 Å². The lowest BCUT2D eigenvalue weighted by Crippen LogP contribution is -2.20. The maximum Gasteiger partial charge on any atom is 0.261 e. The molecular formula is C16H19F2NO2. The minimum atomic E-state index is -2.40. The van der Waals surface area contributed by atoms with Gasteiger partial charge in [0, 0.05) is 13.1 Å². The highest BCUT2D eigenvalue weighted by Gasteiger charge is 2.01. The number of methoxy groups -OCH3 is 1. The van der Waals surface area contributed by atoms with E-state index in [0.717, 1.165) is 22.1 Å². The molecule has 3 nitrogen and oxygen atoms in total. The van der Waals surface area contributed by atoms with E-state index in [-0.39, 0.29) is 6.61 Å². The average molecular weight is 295 g/mol. The lowest BCUT2D eigenvalue weighted by atomic mass is 10.1. The van der Waals surface area contributed by atoms with Crippen molar-refractivity contribution in [3.63, 3.8) is 0 Å². The maximum absolute atomic E-state index is 11.9. The maximum atomic E-state index is 11.9. The lowest BCUT2D eigenvalue weighted by Gasteiger charge is -2.08. The number of benzene rings is 2. The van der Waals surface area contributed by atoms with Crippen LogP contribution < -0.4 is 10.1 Å². The topological polar surface area (TPSA) is 30.5 Å². The number of alkyl halides is 2. The summed E-state index contributed by atoms with van der Waals surface area (Å²) in [4.78, 5) is 0. The van der Waals surface area contributed by atoms with E-state index in [2.05, 4.69) is 11.4 Å². The summed E-state index contributed by atoms with van der Waals surface area (Å²) in [6.07, 6.45) is -2.40. The molecule has 0 bridgehead atoms. The number of hydrogen-bond donors (Lipinski definition) is 1. The van der Waals surface area contributed by atoms with Crippen molar-refractivity contribution in [3.8, 4) is 5.75 Å². The molecular weight excluding hydrogens is 276 g/mol. The van der Waals surface area contributed by atoms with E-state index in [1.165, 1.54) is 0 Å². The average Bonchev–Trinajstić information content (AvgIpc) is 2.49. The summed E-state index contributed by atoms with van der Waals surface area (Å²) in [6, 6.07) is 12.1. The van der Waals surface area contributed by atoms with Gasteiger partial charge in [-0.1, -0.05) is 18.2 Å². The quantitative estimate of drug-likeness (QED) is 0.759. The van der Waals surface area contributed by atoms with Gasteiger partial charge in [-0.25, -0.2) is 8.78 Å². The molecule has 0 heterocycles. The highest BCUT2D eigenvalue weighted by molar-refractivity contribution is 5.84. The minimum absolute atomic E-state index is 0.287. The first kappa shape index (κ1) is 15.7. The monoisotopic (exact) mass is 295 g/mol. The molecule has 0 aliphatic heterocycles. The molecule has 0 unspecified atom stereocenters. The van der Waals surface area contributed by atoms with Crippen molar-refractivity contribution in [2.45, 2.75) is 13.0 Å². The van der Waals surface area contributed by atoms with Crippen LogP contribution in [-0.2, 0) is 11.3 Å². The molecule has 2 aromatic carbocycles. The molecule has 0 amide bonds. The second-order valence-electron chi connectivity index (χ2n) is 4.69. The van der Waals surface area contributed by atoms with Gasteiger partial charge < -0.3 is 14.8 Å². The summed E-state index contributed by atoms with van der Waals surface area (Å²) >= 11 is 0. The van der Waals surface area contributed by atoms with Gasteiger partial charge in [0.1, 0.15) is 12.4 Å². The van der Waals surface area contributed by atoms with E-state index in [9.17, 15) is 8.78 Å². The molecule has 2 aromatic rings. The zero-order valence-electron chi connectivity index (χ0n) is 11.9. The largest absolute Gasteiger partial charge is 0.497 e. The molecule has 0 saturated heterocycles. The van der Waals surface area contributed by atoms with Crippen LogP contribution in [0.5, 0.6) is 5.75 Å². The van der Waals surface area contributed by atoms with Crippen LogP contribution in [-0.4, -0.2) is 33.3 Å². The van der Waals surface area contributed by atoms with Gasteiger partial charge in [-0.15, -0.1) is 0 Å². The fourth-order valence-electron chi connectivity index (χ4n) is 2.06. The van der Waals surface area contributed by atoms with Gasteiger partial charge in [0.05, 0.1) is 13.7 Å². The standard InChI is InChI=1S/C16H19F2NO2/c1-20-15-5-4-13-8-12(2-3-14(13)9-15)10-19-6-7-21-11-16(17)18/h2-5,8-9,16,19H,6-7,10-11H2,1H3. The molecule has 2 rings (SSSR count). The summed E-state index contributed by atoms with van der Waals surface area (Å²) in [6.45, 7) is 1.02. The first-order valence-electron chi connectivity index (χ1n) is 6.82. The van der Waals surface area contributed by atoms with Crippen LogP contribution in [0.4, 0.5) is 8.78 Å². The van der Waals surface area contributed by atoms with Gasteiger partial charge >= 0.3 is 0 Å². The van der Waals surface area contributed by atoms with Crippen molar-refractivity contribution in [1.29, 1.82) is 0 Å². The summed E-state index contributed by atoms with van der Waals surface area (Å²) in [5.74, 6) is 0.838. The number of ether oxygens (including phenoxy) is 2. The fraction of sp³-hybridized carbons (Fsp3) is 0.375. The lowest BCUT2D eigenvalue weighted by molar-refractivity contribution is 0.0187. The van der Waals surface area contributed by atoms with Crippen molar-refractivity contribution in [2.24, 2.45) is 0 Å². The molecule has 5 heteroatoms.